The van der Waals surface area contributed by atoms with Crippen molar-refractivity contribution in [1.29, 1.82) is 0 Å². The maximum atomic E-state index is 13.1. The van der Waals surface area contributed by atoms with Gasteiger partial charge in [0.1, 0.15) is 16.9 Å². The van der Waals surface area contributed by atoms with Crippen molar-refractivity contribution in [1.82, 2.24) is 19.3 Å². The molecule has 0 aliphatic heterocycles. The SMILES string of the molecule is Cc1nc2c(Cc3ccc(S(=O)(=O)N(C)[C@@](C)(C(=O)O)C4CC4)cc3)nccc2[nH]1. The lowest BCUT2D eigenvalue weighted by atomic mass is 9.96. The second-order valence-electron chi connectivity index (χ2n) is 8.00. The van der Waals surface area contributed by atoms with E-state index in [2.05, 4.69) is 15.0 Å². The van der Waals surface area contributed by atoms with E-state index in [1.807, 2.05) is 13.0 Å². The van der Waals surface area contributed by atoms with Crippen LogP contribution in [0.1, 0.15) is 36.8 Å². The number of H-pyrrole nitrogens is 1. The Labute approximate surface area is 175 Å². The van der Waals surface area contributed by atoms with E-state index in [9.17, 15) is 18.3 Å². The summed E-state index contributed by atoms with van der Waals surface area (Å²) in [7, 11) is -2.60. The van der Waals surface area contributed by atoms with Gasteiger partial charge in [-0.2, -0.15) is 4.31 Å². The Balaban J connectivity index is 1.60. The number of hydrogen-bond donors (Lipinski definition) is 2. The Morgan fingerprint density at radius 2 is 1.93 bits per heavy atom. The molecule has 9 heteroatoms. The molecule has 0 unspecified atom stereocenters. The number of carboxylic acids is 1. The van der Waals surface area contributed by atoms with Crippen molar-refractivity contribution < 1.29 is 18.3 Å². The van der Waals surface area contributed by atoms with Crippen LogP contribution in [0.2, 0.25) is 0 Å². The van der Waals surface area contributed by atoms with E-state index in [4.69, 9.17) is 0 Å². The molecule has 0 spiro atoms. The van der Waals surface area contributed by atoms with Crippen LogP contribution in [-0.2, 0) is 21.2 Å². The lowest BCUT2D eigenvalue weighted by molar-refractivity contribution is -0.148. The van der Waals surface area contributed by atoms with E-state index in [0.717, 1.165) is 32.4 Å². The van der Waals surface area contributed by atoms with Crippen molar-refractivity contribution in [2.24, 2.45) is 5.92 Å². The minimum Gasteiger partial charge on any atom is -0.480 e. The number of carboxylic acid groups (broad SMARTS) is 1. The summed E-state index contributed by atoms with van der Waals surface area (Å²) in [6.07, 6.45) is 3.65. The zero-order chi connectivity index (χ0) is 21.7. The van der Waals surface area contributed by atoms with Crippen molar-refractivity contribution in [3.63, 3.8) is 0 Å². The van der Waals surface area contributed by atoms with E-state index < -0.39 is 21.5 Å². The molecule has 30 heavy (non-hydrogen) atoms. The molecule has 0 amide bonds. The Bertz CT molecular complexity index is 1220. The highest BCUT2D eigenvalue weighted by molar-refractivity contribution is 7.89. The molecular weight excluding hydrogens is 404 g/mol. The van der Waals surface area contributed by atoms with Crippen molar-refractivity contribution in [2.75, 3.05) is 7.05 Å². The highest BCUT2D eigenvalue weighted by atomic mass is 32.2. The molecule has 2 aromatic heterocycles. The van der Waals surface area contributed by atoms with Crippen LogP contribution < -0.4 is 0 Å². The van der Waals surface area contributed by atoms with E-state index >= 15 is 0 Å². The van der Waals surface area contributed by atoms with Crippen molar-refractivity contribution in [3.8, 4) is 0 Å². The molecule has 1 atom stereocenters. The van der Waals surface area contributed by atoms with Gasteiger partial charge in [-0.3, -0.25) is 9.78 Å². The zero-order valence-electron chi connectivity index (χ0n) is 17.1. The van der Waals surface area contributed by atoms with Crippen LogP contribution in [0.15, 0.2) is 41.4 Å². The third-order valence-electron chi connectivity index (χ3n) is 6.01. The number of aryl methyl sites for hydroxylation is 1. The molecule has 0 bridgehead atoms. The number of imidazole rings is 1. The van der Waals surface area contributed by atoms with E-state index in [0.29, 0.717) is 19.3 Å². The number of rotatable bonds is 7. The maximum Gasteiger partial charge on any atom is 0.325 e. The van der Waals surface area contributed by atoms with Gasteiger partial charge in [0.15, 0.2) is 0 Å². The van der Waals surface area contributed by atoms with Gasteiger partial charge in [-0.15, -0.1) is 0 Å². The number of aromatic amines is 1. The summed E-state index contributed by atoms with van der Waals surface area (Å²) in [5.41, 5.74) is 1.95. The number of nitrogens with zero attached hydrogens (tertiary/aromatic N) is 3. The van der Waals surface area contributed by atoms with Crippen LogP contribution >= 0.6 is 0 Å². The van der Waals surface area contributed by atoms with Crippen molar-refractivity contribution >= 4 is 27.0 Å². The summed E-state index contributed by atoms with van der Waals surface area (Å²) < 4.78 is 27.2. The minimum absolute atomic E-state index is 0.0728. The van der Waals surface area contributed by atoms with Gasteiger partial charge in [0.25, 0.3) is 0 Å². The third kappa shape index (κ3) is 3.37. The number of fused-ring (bicyclic) bond motifs is 1. The fourth-order valence-electron chi connectivity index (χ4n) is 3.84. The number of aliphatic carboxylic acids is 1. The first-order chi connectivity index (χ1) is 14.1. The number of hydrogen-bond acceptors (Lipinski definition) is 5. The molecule has 8 nitrogen and oxygen atoms in total. The molecule has 158 valence electrons. The maximum absolute atomic E-state index is 13.1. The van der Waals surface area contributed by atoms with Gasteiger partial charge in [-0.05, 0) is 56.4 Å². The van der Waals surface area contributed by atoms with E-state index in [-0.39, 0.29) is 10.8 Å². The van der Waals surface area contributed by atoms with E-state index in [1.165, 1.54) is 26.1 Å². The van der Waals surface area contributed by atoms with E-state index in [1.54, 1.807) is 18.3 Å². The quantitative estimate of drug-likeness (QED) is 0.598. The molecule has 1 fully saturated rings. The number of benzene rings is 1. The first-order valence-corrected chi connectivity index (χ1v) is 11.2. The highest BCUT2D eigenvalue weighted by Gasteiger charge is 2.54. The number of likely N-dealkylation sites (N-methyl/N-ethyl adjacent to an activating group) is 1. The summed E-state index contributed by atoms with van der Waals surface area (Å²) in [4.78, 5) is 24.0. The average molecular weight is 429 g/mol. The fourth-order valence-corrected chi connectivity index (χ4v) is 5.36. The zero-order valence-corrected chi connectivity index (χ0v) is 17.9. The highest BCUT2D eigenvalue weighted by Crippen LogP contribution is 2.44. The smallest absolute Gasteiger partial charge is 0.325 e. The molecular formula is C21H24N4O4S. The van der Waals surface area contributed by atoms with Crippen LogP contribution in [0.4, 0.5) is 0 Å². The molecule has 1 aliphatic rings. The third-order valence-corrected chi connectivity index (χ3v) is 7.98. The molecule has 4 rings (SSSR count). The minimum atomic E-state index is -3.95. The van der Waals surface area contributed by atoms with Gasteiger partial charge in [0.05, 0.1) is 16.1 Å². The summed E-state index contributed by atoms with van der Waals surface area (Å²) in [6, 6.07) is 8.37. The summed E-state index contributed by atoms with van der Waals surface area (Å²) in [5.74, 6) is -0.486. The Morgan fingerprint density at radius 1 is 1.27 bits per heavy atom. The van der Waals surface area contributed by atoms with Gasteiger partial charge in [0.2, 0.25) is 10.0 Å². The average Bonchev–Trinajstić information content (AvgIpc) is 3.49. The molecule has 2 heterocycles. The summed E-state index contributed by atoms with van der Waals surface area (Å²) in [6.45, 7) is 3.36. The van der Waals surface area contributed by atoms with Gasteiger partial charge in [-0.1, -0.05) is 12.1 Å². The largest absolute Gasteiger partial charge is 0.480 e. The number of nitrogens with one attached hydrogen (secondary N) is 1. The monoisotopic (exact) mass is 428 g/mol. The molecule has 1 aliphatic carbocycles. The second-order valence-corrected chi connectivity index (χ2v) is 9.97. The van der Waals surface area contributed by atoms with Crippen LogP contribution in [0.3, 0.4) is 0 Å². The predicted octanol–water partition coefficient (Wildman–Crippen LogP) is 2.73. The molecule has 2 N–H and O–H groups in total. The van der Waals surface area contributed by atoms with Gasteiger partial charge in [0, 0.05) is 19.7 Å². The van der Waals surface area contributed by atoms with Crippen molar-refractivity contribution in [3.05, 3.63) is 53.6 Å². The fraction of sp³-hybridized carbons (Fsp3) is 0.381. The molecule has 0 saturated heterocycles. The lowest BCUT2D eigenvalue weighted by Gasteiger charge is -2.34. The van der Waals surface area contributed by atoms with Gasteiger partial charge in [-0.25, -0.2) is 13.4 Å². The normalized spacial score (nSPS) is 16.7. The Kier molecular flexibility index (Phi) is 4.90. The Morgan fingerprint density at radius 3 is 2.53 bits per heavy atom. The number of sulfonamides is 1. The van der Waals surface area contributed by atoms with Crippen molar-refractivity contribution in [2.45, 2.75) is 43.5 Å². The van der Waals surface area contributed by atoms with Crippen LogP contribution in [-0.4, -0.2) is 51.3 Å². The van der Waals surface area contributed by atoms with Crippen LogP contribution in [0, 0.1) is 12.8 Å². The predicted molar refractivity (Wildman–Crippen MR) is 112 cm³/mol. The first-order valence-electron chi connectivity index (χ1n) is 9.75. The second kappa shape index (κ2) is 7.17. The number of pyridine rings is 1. The van der Waals surface area contributed by atoms with Crippen LogP contribution in [0.25, 0.3) is 11.0 Å². The molecule has 1 saturated carbocycles. The molecule has 0 radical (unpaired) electrons. The van der Waals surface area contributed by atoms with Gasteiger partial charge >= 0.3 is 5.97 Å². The van der Waals surface area contributed by atoms with Crippen LogP contribution in [0.5, 0.6) is 0 Å². The summed E-state index contributed by atoms with van der Waals surface area (Å²) in [5, 5.41) is 9.70. The molecule has 1 aromatic carbocycles. The number of aromatic nitrogens is 3. The summed E-state index contributed by atoms with van der Waals surface area (Å²) >= 11 is 0. The molecule has 3 aromatic rings. The standard InChI is InChI=1S/C21H24N4O4S/c1-13-23-17-10-11-22-18(19(17)24-13)12-14-4-8-16(9-5-14)30(28,29)25(3)21(2,20(26)27)15-6-7-15/h4-5,8-11,15H,6-7,12H2,1-3H3,(H,23,24)(H,26,27)/t21-/m1/s1. The first kappa shape index (κ1) is 20.5. The lowest BCUT2D eigenvalue weighted by Crippen LogP contribution is -2.54. The Hall–Kier alpha value is -2.78. The topological polar surface area (TPSA) is 116 Å². The van der Waals surface area contributed by atoms with Gasteiger partial charge < -0.3 is 10.1 Å². The number of carbonyl (C=O) groups is 1.